The van der Waals surface area contributed by atoms with E-state index in [0.29, 0.717) is 31.1 Å². The molecule has 3 amide bonds. The summed E-state index contributed by atoms with van der Waals surface area (Å²) in [6.45, 7) is 9.51. The number of carbonyl (C=O) groups is 3. The van der Waals surface area contributed by atoms with Crippen molar-refractivity contribution in [2.45, 2.75) is 93.7 Å². The van der Waals surface area contributed by atoms with Gasteiger partial charge in [-0.25, -0.2) is 0 Å². The van der Waals surface area contributed by atoms with Crippen molar-refractivity contribution in [3.05, 3.63) is 65.2 Å². The van der Waals surface area contributed by atoms with Crippen LogP contribution >= 0.6 is 12.6 Å². The molecule has 6 rings (SSSR count). The molecule has 44 heavy (non-hydrogen) atoms. The monoisotopic (exact) mass is 635 g/mol. The lowest BCUT2D eigenvalue weighted by Crippen LogP contribution is -2.63. The van der Waals surface area contributed by atoms with E-state index in [1.54, 1.807) is 4.90 Å². The first-order chi connectivity index (χ1) is 21.0. The first-order valence-corrected chi connectivity index (χ1v) is 20.2. The molecule has 3 heterocycles. The zero-order chi connectivity index (χ0) is 31.1. The van der Waals surface area contributed by atoms with Crippen molar-refractivity contribution in [3.8, 4) is 5.75 Å². The van der Waals surface area contributed by atoms with Gasteiger partial charge in [-0.15, -0.1) is 0 Å². The Hall–Kier alpha value is -2.66. The second-order valence-corrected chi connectivity index (χ2v) is 20.5. The number of hydrogen-bond donors (Lipinski definition) is 1. The Labute approximate surface area is 267 Å². The lowest BCUT2D eigenvalue weighted by molar-refractivity contribution is -0.158. The molecular formula is C34H45N3O5SSi. The number of ether oxygens (including phenoxy) is 2. The van der Waals surface area contributed by atoms with Crippen molar-refractivity contribution in [1.82, 2.24) is 14.7 Å². The number of nitrogens with zero attached hydrogens (tertiary/aromatic N) is 3. The number of thiol groups is 1. The van der Waals surface area contributed by atoms with Gasteiger partial charge in [0.05, 0.1) is 0 Å². The summed E-state index contributed by atoms with van der Waals surface area (Å²) < 4.78 is 12.4. The number of piperidine rings is 1. The maximum Gasteiger partial charge on any atom is 0.255 e. The molecule has 3 atom stereocenters. The molecule has 236 valence electrons. The molecule has 10 heteroatoms. The third-order valence-corrected chi connectivity index (χ3v) is 12.2. The normalized spacial score (nSPS) is 26.6. The van der Waals surface area contributed by atoms with Gasteiger partial charge in [-0.2, -0.15) is 12.6 Å². The SMILES string of the molecule is C[Si](C)(C)CCOCN1C(=O)CCC(N2Cc3cc(O[C@H]4CCCC[C@@]4(S)N4CC(c5ccccc5)C4)ccc3C2=O)C1=O. The summed E-state index contributed by atoms with van der Waals surface area (Å²) in [7, 11) is -1.29. The van der Waals surface area contributed by atoms with Crippen LogP contribution < -0.4 is 4.74 Å². The van der Waals surface area contributed by atoms with Gasteiger partial charge in [0.1, 0.15) is 29.5 Å². The highest BCUT2D eigenvalue weighted by Gasteiger charge is 2.49. The number of carbonyl (C=O) groups excluding carboxylic acids is 3. The molecule has 0 radical (unpaired) electrons. The van der Waals surface area contributed by atoms with Gasteiger partial charge >= 0.3 is 0 Å². The van der Waals surface area contributed by atoms with Gasteiger partial charge in [-0.05, 0) is 61.1 Å². The van der Waals surface area contributed by atoms with Crippen LogP contribution in [0.25, 0.3) is 0 Å². The van der Waals surface area contributed by atoms with Crippen molar-refractivity contribution in [3.63, 3.8) is 0 Å². The van der Waals surface area contributed by atoms with Crippen LogP contribution in [-0.4, -0.2) is 83.9 Å². The van der Waals surface area contributed by atoms with Crippen LogP contribution in [0.3, 0.4) is 0 Å². The van der Waals surface area contributed by atoms with Gasteiger partial charge < -0.3 is 14.4 Å². The van der Waals surface area contributed by atoms with Crippen LogP contribution in [0.15, 0.2) is 48.5 Å². The van der Waals surface area contributed by atoms with Gasteiger partial charge in [0.25, 0.3) is 11.8 Å². The van der Waals surface area contributed by atoms with Gasteiger partial charge in [-0.1, -0.05) is 56.4 Å². The average Bonchev–Trinajstić information content (AvgIpc) is 3.28. The maximum absolute atomic E-state index is 13.5. The molecule has 2 saturated heterocycles. The van der Waals surface area contributed by atoms with E-state index in [9.17, 15) is 14.4 Å². The number of likely N-dealkylation sites (tertiary alicyclic amines) is 2. The minimum atomic E-state index is -1.29. The summed E-state index contributed by atoms with van der Waals surface area (Å²) in [5.74, 6) is 0.487. The van der Waals surface area contributed by atoms with E-state index >= 15 is 0 Å². The van der Waals surface area contributed by atoms with Crippen LogP contribution in [-0.2, 0) is 20.9 Å². The van der Waals surface area contributed by atoms with Crippen LogP contribution in [0.5, 0.6) is 5.75 Å². The first kappa shape index (κ1) is 31.3. The Morgan fingerprint density at radius 2 is 1.77 bits per heavy atom. The first-order valence-electron chi connectivity index (χ1n) is 16.1. The molecule has 0 spiro atoms. The fourth-order valence-corrected chi connectivity index (χ4v) is 8.20. The molecule has 0 N–H and O–H groups in total. The number of hydrogen-bond acceptors (Lipinski definition) is 7. The van der Waals surface area contributed by atoms with Crippen molar-refractivity contribution in [2.24, 2.45) is 0 Å². The van der Waals surface area contributed by atoms with Crippen LogP contribution in [0.4, 0.5) is 0 Å². The lowest BCUT2D eigenvalue weighted by Gasteiger charge is -2.54. The molecule has 0 bridgehead atoms. The largest absolute Gasteiger partial charge is 0.488 e. The standard InChI is InChI=1S/C34H45N3O5SSi/c1-44(2,3)18-17-41-23-37-31(38)15-14-29(33(37)40)36-22-25-19-27(12-13-28(25)32(36)39)42-30-11-7-8-16-34(30,43)35-20-26(21-35)24-9-5-4-6-10-24/h4-6,9-10,12-13,19,26,29-30,43H,7-8,11,14-18,20-23H2,1-3H3/t29?,30-,34-/m0/s1. The van der Waals surface area contributed by atoms with Gasteiger partial charge in [0, 0.05) is 52.2 Å². The van der Waals surface area contributed by atoms with E-state index in [4.69, 9.17) is 22.1 Å². The minimum absolute atomic E-state index is 0.0540. The topological polar surface area (TPSA) is 79.4 Å². The molecule has 8 nitrogen and oxygen atoms in total. The van der Waals surface area contributed by atoms with E-state index < -0.39 is 14.1 Å². The van der Waals surface area contributed by atoms with Crippen LogP contribution in [0.1, 0.15) is 65.9 Å². The highest BCUT2D eigenvalue weighted by atomic mass is 32.1. The lowest BCUT2D eigenvalue weighted by atomic mass is 9.83. The molecule has 3 fully saturated rings. The summed E-state index contributed by atoms with van der Waals surface area (Å²) >= 11 is 5.26. The summed E-state index contributed by atoms with van der Waals surface area (Å²) in [6.07, 6.45) is 4.61. The molecule has 0 aromatic heterocycles. The quantitative estimate of drug-likeness (QED) is 0.160. The van der Waals surface area contributed by atoms with E-state index in [1.807, 2.05) is 18.2 Å². The van der Waals surface area contributed by atoms with E-state index in [0.717, 1.165) is 56.1 Å². The number of fused-ring (bicyclic) bond motifs is 1. The van der Waals surface area contributed by atoms with Crippen molar-refractivity contribution >= 4 is 38.4 Å². The van der Waals surface area contributed by atoms with Gasteiger partial charge in [0.2, 0.25) is 5.91 Å². The molecule has 3 aliphatic heterocycles. The molecule has 4 aliphatic rings. The summed E-state index contributed by atoms with van der Waals surface area (Å²) in [5.41, 5.74) is 2.82. The highest BCUT2D eigenvalue weighted by Crippen LogP contribution is 2.45. The number of imide groups is 1. The number of rotatable bonds is 10. The van der Waals surface area contributed by atoms with E-state index in [1.165, 1.54) is 10.5 Å². The Balaban J connectivity index is 1.10. The van der Waals surface area contributed by atoms with Crippen LogP contribution in [0.2, 0.25) is 25.7 Å². The molecule has 1 aliphatic carbocycles. The Morgan fingerprint density at radius 3 is 2.52 bits per heavy atom. The van der Waals surface area contributed by atoms with Crippen molar-refractivity contribution in [2.75, 3.05) is 26.4 Å². The zero-order valence-electron chi connectivity index (χ0n) is 26.2. The predicted molar refractivity (Wildman–Crippen MR) is 176 cm³/mol. The fraction of sp³-hybridized carbons (Fsp3) is 0.559. The third kappa shape index (κ3) is 6.36. The smallest absolute Gasteiger partial charge is 0.255 e. The molecule has 2 aromatic carbocycles. The van der Waals surface area contributed by atoms with Gasteiger partial charge in [0.15, 0.2) is 0 Å². The number of amides is 3. The molecule has 2 aromatic rings. The summed E-state index contributed by atoms with van der Waals surface area (Å²) in [4.78, 5) is 44.4. The molecule has 1 saturated carbocycles. The zero-order valence-corrected chi connectivity index (χ0v) is 28.1. The Bertz CT molecular complexity index is 1400. The Morgan fingerprint density at radius 1 is 1.00 bits per heavy atom. The minimum Gasteiger partial charge on any atom is -0.488 e. The predicted octanol–water partition coefficient (Wildman–Crippen LogP) is 5.52. The summed E-state index contributed by atoms with van der Waals surface area (Å²) in [5, 5.41) is 0. The number of benzene rings is 2. The van der Waals surface area contributed by atoms with Crippen molar-refractivity contribution < 1.29 is 23.9 Å². The highest BCUT2D eigenvalue weighted by molar-refractivity contribution is 7.81. The van der Waals surface area contributed by atoms with Crippen LogP contribution in [0, 0.1) is 0 Å². The third-order valence-electron chi connectivity index (χ3n) is 9.74. The Kier molecular flexibility index (Phi) is 8.98. The molecular weight excluding hydrogens is 591 g/mol. The van der Waals surface area contributed by atoms with E-state index in [-0.39, 0.29) is 41.8 Å². The average molecular weight is 636 g/mol. The maximum atomic E-state index is 13.5. The van der Waals surface area contributed by atoms with E-state index in [2.05, 4.69) is 54.9 Å². The summed E-state index contributed by atoms with van der Waals surface area (Å²) in [6, 6.07) is 16.6. The second-order valence-electron chi connectivity index (χ2n) is 14.1. The fourth-order valence-electron chi connectivity index (χ4n) is 6.94. The van der Waals surface area contributed by atoms with Crippen molar-refractivity contribution in [1.29, 1.82) is 0 Å². The second kappa shape index (κ2) is 12.6. The van der Waals surface area contributed by atoms with Gasteiger partial charge in [-0.3, -0.25) is 24.2 Å². The molecule has 1 unspecified atom stereocenters.